The summed E-state index contributed by atoms with van der Waals surface area (Å²) in [6.07, 6.45) is 7.66. The number of unbranched alkanes of at least 4 members (excludes halogenated alkanes) is 1. The van der Waals surface area contributed by atoms with E-state index in [4.69, 9.17) is 27.2 Å². The van der Waals surface area contributed by atoms with Crippen LogP contribution in [-0.4, -0.2) is 131 Å². The lowest BCUT2D eigenvalue weighted by molar-refractivity contribution is -0.940. The summed E-state index contributed by atoms with van der Waals surface area (Å²) in [4.78, 5) is 96.3. The maximum atomic E-state index is 14.8. The Morgan fingerprint density at radius 1 is 0.798 bits per heavy atom. The van der Waals surface area contributed by atoms with Crippen LogP contribution >= 0.6 is 0 Å². The Hall–Kier alpha value is -6.68. The predicted molar refractivity (Wildman–Crippen MR) is 316 cm³/mol. The van der Waals surface area contributed by atoms with Gasteiger partial charge in [0.2, 0.25) is 17.7 Å². The number of carbonyl (C=O) groups is 7. The van der Waals surface area contributed by atoms with Gasteiger partial charge in [0.25, 0.3) is 0 Å². The number of morpholine rings is 1. The van der Waals surface area contributed by atoms with E-state index in [0.717, 1.165) is 36.0 Å². The quantitative estimate of drug-likeness (QED) is 0.0139. The average Bonchev–Trinajstić information content (AvgIpc) is 3.68. The molecular formula is C63H89N7O13S. The molecule has 460 valence electrons. The molecule has 0 bridgehead atoms. The highest BCUT2D eigenvalue weighted by molar-refractivity contribution is 7.84. The number of ether oxygens (including phenoxy) is 3. The number of esters is 1. The van der Waals surface area contributed by atoms with Gasteiger partial charge >= 0.3 is 5.97 Å². The molecule has 0 spiro atoms. The van der Waals surface area contributed by atoms with E-state index < -0.39 is 45.4 Å². The third-order valence-electron chi connectivity index (χ3n) is 15.0. The van der Waals surface area contributed by atoms with Crippen molar-refractivity contribution in [2.45, 2.75) is 157 Å². The molecule has 1 aliphatic heterocycles. The van der Waals surface area contributed by atoms with E-state index in [1.165, 1.54) is 6.92 Å². The number of hydrogen-bond acceptors (Lipinski definition) is 15. The zero-order valence-corrected chi connectivity index (χ0v) is 51.2. The minimum atomic E-state index is -3.92. The van der Waals surface area contributed by atoms with Crippen LogP contribution in [0.15, 0.2) is 85.1 Å². The summed E-state index contributed by atoms with van der Waals surface area (Å²) < 4.78 is 46.9. The van der Waals surface area contributed by atoms with Crippen molar-refractivity contribution in [3.8, 4) is 11.5 Å². The van der Waals surface area contributed by atoms with Crippen molar-refractivity contribution in [3.63, 3.8) is 0 Å². The van der Waals surface area contributed by atoms with E-state index in [-0.39, 0.29) is 85.1 Å². The van der Waals surface area contributed by atoms with Crippen LogP contribution in [0, 0.1) is 29.1 Å². The summed E-state index contributed by atoms with van der Waals surface area (Å²) in [5.41, 5.74) is 2.85. The molecule has 3 N–H and O–H groups in total. The lowest BCUT2D eigenvalue weighted by Gasteiger charge is -2.41. The molecule has 3 amide bonds. The SMILES string of the molecule is CCNC(=O)CCCCn1cc(COc2cc(C[N+]3(CC(=O)C[C@@H](CCc4ccccc4)C(=O)NC(CC(C)C)C(=O)C[C@@H](Cc4ccccc4)C(=O)NC(CC(C)C)C(=O)C4(C)CC4)CCOCC3)ccc2OC(C)=O)nn1.CS(=O)(=O)[O-]. The second-order valence-electron chi connectivity index (χ2n) is 23.8. The van der Waals surface area contributed by atoms with Crippen LogP contribution in [0.1, 0.15) is 135 Å². The van der Waals surface area contributed by atoms with Gasteiger partial charge < -0.3 is 39.2 Å². The van der Waals surface area contributed by atoms with Gasteiger partial charge in [0.15, 0.2) is 28.8 Å². The first-order valence-corrected chi connectivity index (χ1v) is 31.3. The minimum absolute atomic E-state index is 0.00983. The maximum Gasteiger partial charge on any atom is 0.308 e. The summed E-state index contributed by atoms with van der Waals surface area (Å²) in [6, 6.07) is 23.1. The van der Waals surface area contributed by atoms with Crippen molar-refractivity contribution in [2.75, 3.05) is 45.6 Å². The standard InChI is InChI=1S/C62H85N7O10.CH4O3S/c1-8-63-58(73)21-15-16-28-68-39-51(66-67-68)42-78-57-36-48(23-25-56(57)79-45(6)70)40-69(29-31-77-32-30-69)41-52(71)37-49(24-22-46-17-11-9-12-18-46)60(75)64-53(33-43(2)3)55(72)38-50(35-47-19-13-10-14-20-47)61(76)65-54(34-44(4)5)59(74)62(7)26-27-62;1-5(2,3)4/h9-14,17-20,23,25,36,39,43-44,49-50,53-54H,8,15-16,21-22,24,26-35,37-38,40-42H2,1-7H3,(H2-,63,64,65,73,75,76);1H3,(H,2,3,4)/t49-,50-,53?,54?;/m1./s1. The van der Waals surface area contributed by atoms with E-state index in [1.54, 1.807) is 16.9 Å². The van der Waals surface area contributed by atoms with Gasteiger partial charge in [-0.15, -0.1) is 5.10 Å². The van der Waals surface area contributed by atoms with Gasteiger partial charge in [0.1, 0.15) is 38.5 Å². The molecule has 20 nitrogen and oxygen atoms in total. The van der Waals surface area contributed by atoms with Gasteiger partial charge in [-0.05, 0) is 106 Å². The van der Waals surface area contributed by atoms with Gasteiger partial charge in [0.05, 0.1) is 41.6 Å². The summed E-state index contributed by atoms with van der Waals surface area (Å²) in [7, 11) is -3.92. The highest BCUT2D eigenvalue weighted by atomic mass is 32.2. The first-order chi connectivity index (χ1) is 39.8. The van der Waals surface area contributed by atoms with Gasteiger partial charge in [-0.2, -0.15) is 0 Å². The molecule has 2 fully saturated rings. The Balaban J connectivity index is 0.00000247. The summed E-state index contributed by atoms with van der Waals surface area (Å²) in [6.45, 7) is 16.9. The molecule has 0 radical (unpaired) electrons. The molecule has 21 heteroatoms. The molecule has 1 saturated carbocycles. The van der Waals surface area contributed by atoms with Gasteiger partial charge in [0, 0.05) is 68.3 Å². The molecule has 4 atom stereocenters. The monoisotopic (exact) mass is 1180 g/mol. The molecule has 2 aliphatic rings. The molecule has 84 heavy (non-hydrogen) atoms. The van der Waals surface area contributed by atoms with Crippen LogP contribution in [0.25, 0.3) is 0 Å². The van der Waals surface area contributed by atoms with E-state index >= 15 is 0 Å². The fraction of sp³-hybridized carbons (Fsp3) is 0.571. The molecule has 1 aliphatic carbocycles. The Labute approximate surface area is 496 Å². The number of benzene rings is 3. The highest BCUT2D eigenvalue weighted by Crippen LogP contribution is 2.47. The Kier molecular flexibility index (Phi) is 26.9. The third kappa shape index (κ3) is 24.5. The third-order valence-corrected chi connectivity index (χ3v) is 15.0. The molecular weight excluding hydrogens is 1090 g/mol. The minimum Gasteiger partial charge on any atom is -0.748 e. The predicted octanol–water partition coefficient (Wildman–Crippen LogP) is 7.05. The first-order valence-electron chi connectivity index (χ1n) is 29.5. The molecule has 2 unspecified atom stereocenters. The summed E-state index contributed by atoms with van der Waals surface area (Å²) in [5.74, 6) is -2.42. The molecule has 6 rings (SSSR count). The van der Waals surface area contributed by atoms with Crippen molar-refractivity contribution in [2.24, 2.45) is 29.1 Å². The summed E-state index contributed by atoms with van der Waals surface area (Å²) in [5, 5.41) is 17.5. The molecule has 1 aromatic heterocycles. The fourth-order valence-electron chi connectivity index (χ4n) is 10.4. The number of carbonyl (C=O) groups excluding carboxylic acids is 7. The zero-order valence-electron chi connectivity index (χ0n) is 50.4. The first kappa shape index (κ1) is 68.1. The van der Waals surface area contributed by atoms with Crippen LogP contribution in [0.5, 0.6) is 11.5 Å². The van der Waals surface area contributed by atoms with Gasteiger partial charge in [-0.3, -0.25) is 38.2 Å². The Bertz CT molecular complexity index is 2900. The van der Waals surface area contributed by atoms with Crippen LogP contribution in [-0.2, 0) is 81.0 Å². The van der Waals surface area contributed by atoms with Crippen LogP contribution in [0.4, 0.5) is 0 Å². The second kappa shape index (κ2) is 33.1. The largest absolute Gasteiger partial charge is 0.748 e. The number of Topliss-reactive ketones (excluding diaryl/α,β-unsaturated/α-hetero) is 3. The molecule has 2 heterocycles. The fourth-order valence-corrected chi connectivity index (χ4v) is 10.4. The highest BCUT2D eigenvalue weighted by Gasteiger charge is 2.48. The number of aromatic nitrogens is 3. The number of amides is 3. The molecule has 1 saturated heterocycles. The topological polar surface area (TPSA) is 271 Å². The van der Waals surface area contributed by atoms with E-state index in [9.17, 15) is 33.6 Å². The van der Waals surface area contributed by atoms with E-state index in [0.29, 0.717) is 107 Å². The van der Waals surface area contributed by atoms with Crippen molar-refractivity contribution >= 4 is 51.2 Å². The number of quaternary nitrogens is 1. The number of nitrogens with zero attached hydrogens (tertiary/aromatic N) is 4. The second-order valence-corrected chi connectivity index (χ2v) is 25.2. The van der Waals surface area contributed by atoms with Crippen molar-refractivity contribution < 1.29 is 65.2 Å². The van der Waals surface area contributed by atoms with Crippen LogP contribution in [0.2, 0.25) is 0 Å². The van der Waals surface area contributed by atoms with Crippen molar-refractivity contribution in [1.29, 1.82) is 0 Å². The number of rotatable bonds is 34. The Morgan fingerprint density at radius 2 is 1.40 bits per heavy atom. The van der Waals surface area contributed by atoms with E-state index in [2.05, 4.69) is 26.3 Å². The average molecular weight is 1180 g/mol. The lowest BCUT2D eigenvalue weighted by atomic mass is 9.87. The maximum absolute atomic E-state index is 14.8. The van der Waals surface area contributed by atoms with Crippen LogP contribution in [0.3, 0.4) is 0 Å². The number of hydrogen-bond donors (Lipinski definition) is 3. The van der Waals surface area contributed by atoms with Crippen molar-refractivity contribution in [3.05, 3.63) is 107 Å². The number of aryl methyl sites for hydroxylation is 2. The van der Waals surface area contributed by atoms with Gasteiger partial charge in [-0.1, -0.05) is 100 Å². The summed E-state index contributed by atoms with van der Waals surface area (Å²) >= 11 is 0. The zero-order chi connectivity index (χ0) is 61.5. The van der Waals surface area contributed by atoms with E-state index in [1.807, 2.05) is 114 Å². The van der Waals surface area contributed by atoms with Gasteiger partial charge in [-0.25, -0.2) is 8.42 Å². The smallest absolute Gasteiger partial charge is 0.308 e. The number of nitrogens with one attached hydrogen (secondary N) is 3. The lowest BCUT2D eigenvalue weighted by Crippen LogP contribution is -2.57. The number of ketones is 3. The van der Waals surface area contributed by atoms with Crippen LogP contribution < -0.4 is 25.4 Å². The normalized spacial score (nSPS) is 15.8. The Morgan fingerprint density at radius 3 is 2.01 bits per heavy atom. The molecule has 3 aromatic carbocycles. The van der Waals surface area contributed by atoms with Crippen molar-refractivity contribution in [1.82, 2.24) is 30.9 Å². The molecule has 4 aromatic rings.